The minimum Gasteiger partial charge on any atom is -0.433 e. The fraction of sp³-hybridized carbons (Fsp3) is 0.538. The van der Waals surface area contributed by atoms with Gasteiger partial charge in [-0.1, -0.05) is 11.6 Å². The lowest BCUT2D eigenvalue weighted by Gasteiger charge is -2.35. The van der Waals surface area contributed by atoms with Gasteiger partial charge < -0.3 is 9.47 Å². The average molecular weight is 356 g/mol. The molecule has 0 bridgehead atoms. The Balaban J connectivity index is 2.31. The number of hydrogen-bond acceptors (Lipinski definition) is 4. The highest BCUT2D eigenvalue weighted by Crippen LogP contribution is 2.31. The Labute approximate surface area is 132 Å². The van der Waals surface area contributed by atoms with Crippen LogP contribution in [-0.2, 0) is 14.8 Å². The maximum atomic E-state index is 12.7. The average Bonchev–Trinajstić information content (AvgIpc) is 2.43. The number of morpholine rings is 1. The molecule has 2 rings (SSSR count). The lowest BCUT2D eigenvalue weighted by molar-refractivity contribution is -0.0498. The molecule has 9 heteroatoms. The standard InChI is InChI=1S/C13H16ClF2NO4S/c1-8-7-20-9(2)6-17(8)22(18,19)10-3-4-12(11(14)5-10)21-13(15)16/h3-5,8-9,13H,6-7H2,1-2H3/t8-,9+/m1/s1. The molecule has 0 unspecified atom stereocenters. The lowest BCUT2D eigenvalue weighted by Crippen LogP contribution is -2.50. The van der Waals surface area contributed by atoms with Crippen LogP contribution in [0.3, 0.4) is 0 Å². The van der Waals surface area contributed by atoms with Crippen LogP contribution in [0.5, 0.6) is 5.75 Å². The summed E-state index contributed by atoms with van der Waals surface area (Å²) in [4.78, 5) is -0.0694. The Hall–Kier alpha value is -0.960. The summed E-state index contributed by atoms with van der Waals surface area (Å²) in [6.45, 7) is 0.997. The largest absolute Gasteiger partial charge is 0.433 e. The van der Waals surface area contributed by atoms with Gasteiger partial charge in [-0.25, -0.2) is 8.42 Å². The number of ether oxygens (including phenoxy) is 2. The number of halogens is 3. The first kappa shape index (κ1) is 17.4. The van der Waals surface area contributed by atoms with Crippen LogP contribution in [-0.4, -0.2) is 44.6 Å². The fourth-order valence-electron chi connectivity index (χ4n) is 2.18. The number of rotatable bonds is 4. The topological polar surface area (TPSA) is 55.8 Å². The maximum Gasteiger partial charge on any atom is 0.387 e. The van der Waals surface area contributed by atoms with E-state index >= 15 is 0 Å². The molecule has 0 spiro atoms. The quantitative estimate of drug-likeness (QED) is 0.833. The third kappa shape index (κ3) is 3.68. The van der Waals surface area contributed by atoms with Gasteiger partial charge in [0, 0.05) is 12.6 Å². The van der Waals surface area contributed by atoms with Crippen molar-refractivity contribution in [3.05, 3.63) is 23.2 Å². The van der Waals surface area contributed by atoms with E-state index < -0.39 is 16.6 Å². The zero-order valence-corrected chi connectivity index (χ0v) is 13.6. The van der Waals surface area contributed by atoms with Crippen LogP contribution < -0.4 is 4.74 Å². The highest BCUT2D eigenvalue weighted by molar-refractivity contribution is 7.89. The molecule has 5 nitrogen and oxygen atoms in total. The summed E-state index contributed by atoms with van der Waals surface area (Å²) in [6, 6.07) is 3.11. The number of hydrogen-bond donors (Lipinski definition) is 0. The molecule has 22 heavy (non-hydrogen) atoms. The van der Waals surface area contributed by atoms with E-state index in [1.807, 2.05) is 0 Å². The lowest BCUT2D eigenvalue weighted by atomic mass is 10.2. The van der Waals surface area contributed by atoms with E-state index in [0.29, 0.717) is 6.61 Å². The van der Waals surface area contributed by atoms with Crippen LogP contribution in [0.15, 0.2) is 23.1 Å². The number of alkyl halides is 2. The summed E-state index contributed by atoms with van der Waals surface area (Å²) in [7, 11) is -3.79. The molecule has 1 aromatic rings. The summed E-state index contributed by atoms with van der Waals surface area (Å²) in [5.74, 6) is -0.265. The highest BCUT2D eigenvalue weighted by atomic mass is 35.5. The van der Waals surface area contributed by atoms with Gasteiger partial charge in [0.15, 0.2) is 0 Å². The maximum absolute atomic E-state index is 12.7. The summed E-state index contributed by atoms with van der Waals surface area (Å²) in [5, 5.41) is -0.185. The van der Waals surface area contributed by atoms with E-state index in [0.717, 1.165) is 12.1 Å². The molecule has 1 heterocycles. The van der Waals surface area contributed by atoms with E-state index in [2.05, 4.69) is 4.74 Å². The van der Waals surface area contributed by atoms with E-state index in [1.165, 1.54) is 10.4 Å². The second-order valence-electron chi connectivity index (χ2n) is 5.04. The summed E-state index contributed by atoms with van der Waals surface area (Å²) < 4.78 is 60.6. The normalized spacial score (nSPS) is 23.7. The zero-order valence-electron chi connectivity index (χ0n) is 12.0. The summed E-state index contributed by atoms with van der Waals surface area (Å²) in [5.41, 5.74) is 0. The molecule has 0 aromatic heterocycles. The second-order valence-corrected chi connectivity index (χ2v) is 7.34. The van der Waals surface area contributed by atoms with E-state index in [-0.39, 0.29) is 34.4 Å². The predicted molar refractivity (Wildman–Crippen MR) is 76.9 cm³/mol. The summed E-state index contributed by atoms with van der Waals surface area (Å²) in [6.07, 6.45) is -0.220. The van der Waals surface area contributed by atoms with E-state index in [1.54, 1.807) is 13.8 Å². The van der Waals surface area contributed by atoms with Gasteiger partial charge in [0.05, 0.1) is 22.6 Å². The third-order valence-electron chi connectivity index (χ3n) is 3.28. The van der Waals surface area contributed by atoms with Crippen LogP contribution >= 0.6 is 11.6 Å². The molecule has 1 saturated heterocycles. The Morgan fingerprint density at radius 2 is 2.09 bits per heavy atom. The SMILES string of the molecule is C[C@@H]1CO[C@@H](C)CN1S(=O)(=O)c1ccc(OC(F)F)c(Cl)c1. The first-order chi connectivity index (χ1) is 10.2. The van der Waals surface area contributed by atoms with Crippen LogP contribution in [0.25, 0.3) is 0 Å². The molecule has 1 fully saturated rings. The predicted octanol–water partition coefficient (Wildman–Crippen LogP) is 2.74. The molecule has 1 aromatic carbocycles. The van der Waals surface area contributed by atoms with Crippen molar-refractivity contribution >= 4 is 21.6 Å². The molecule has 0 radical (unpaired) electrons. The molecule has 0 N–H and O–H groups in total. The number of nitrogens with zero attached hydrogens (tertiary/aromatic N) is 1. The van der Waals surface area contributed by atoms with Crippen LogP contribution in [0.2, 0.25) is 5.02 Å². The van der Waals surface area contributed by atoms with Crippen molar-refractivity contribution in [2.24, 2.45) is 0 Å². The van der Waals surface area contributed by atoms with Gasteiger partial charge in [-0.2, -0.15) is 13.1 Å². The Morgan fingerprint density at radius 1 is 1.41 bits per heavy atom. The van der Waals surface area contributed by atoms with Crippen LogP contribution in [0.4, 0.5) is 8.78 Å². The second kappa shape index (κ2) is 6.66. The van der Waals surface area contributed by atoms with Crippen LogP contribution in [0.1, 0.15) is 13.8 Å². The molecule has 0 amide bonds. The van der Waals surface area contributed by atoms with Gasteiger partial charge in [0.1, 0.15) is 5.75 Å². The van der Waals surface area contributed by atoms with Gasteiger partial charge >= 0.3 is 6.61 Å². The van der Waals surface area contributed by atoms with Gasteiger partial charge in [-0.3, -0.25) is 0 Å². The van der Waals surface area contributed by atoms with Crippen molar-refractivity contribution in [1.29, 1.82) is 0 Å². The van der Waals surface area contributed by atoms with Crippen molar-refractivity contribution in [1.82, 2.24) is 4.31 Å². The van der Waals surface area contributed by atoms with Gasteiger partial charge in [-0.15, -0.1) is 0 Å². The first-order valence-corrected chi connectivity index (χ1v) is 8.41. The molecule has 2 atom stereocenters. The number of sulfonamides is 1. The molecular formula is C13H16ClF2NO4S. The van der Waals surface area contributed by atoms with Crippen molar-refractivity contribution in [2.45, 2.75) is 37.5 Å². The van der Waals surface area contributed by atoms with Gasteiger partial charge in [0.25, 0.3) is 0 Å². The Morgan fingerprint density at radius 3 is 2.68 bits per heavy atom. The highest BCUT2D eigenvalue weighted by Gasteiger charge is 2.34. The molecule has 1 aliphatic heterocycles. The molecular weight excluding hydrogens is 340 g/mol. The third-order valence-corrected chi connectivity index (χ3v) is 5.55. The minimum atomic E-state index is -3.79. The van der Waals surface area contributed by atoms with Crippen molar-refractivity contribution in [3.63, 3.8) is 0 Å². The molecule has 124 valence electrons. The van der Waals surface area contributed by atoms with Crippen molar-refractivity contribution in [3.8, 4) is 5.75 Å². The van der Waals surface area contributed by atoms with Crippen molar-refractivity contribution < 1.29 is 26.7 Å². The van der Waals surface area contributed by atoms with E-state index in [4.69, 9.17) is 16.3 Å². The Kier molecular flexibility index (Phi) is 5.26. The number of benzene rings is 1. The minimum absolute atomic E-state index is 0.0694. The monoisotopic (exact) mass is 355 g/mol. The van der Waals surface area contributed by atoms with Gasteiger partial charge in [0.2, 0.25) is 10.0 Å². The first-order valence-electron chi connectivity index (χ1n) is 6.59. The zero-order chi connectivity index (χ0) is 16.5. The van der Waals surface area contributed by atoms with Crippen LogP contribution in [0, 0.1) is 0 Å². The molecule has 0 saturated carbocycles. The van der Waals surface area contributed by atoms with Gasteiger partial charge in [-0.05, 0) is 32.0 Å². The fourth-order valence-corrected chi connectivity index (χ4v) is 4.18. The molecule has 0 aliphatic carbocycles. The van der Waals surface area contributed by atoms with Crippen molar-refractivity contribution in [2.75, 3.05) is 13.2 Å². The Bertz CT molecular complexity index is 641. The smallest absolute Gasteiger partial charge is 0.387 e. The summed E-state index contributed by atoms with van der Waals surface area (Å²) >= 11 is 5.82. The molecule has 1 aliphatic rings. The van der Waals surface area contributed by atoms with E-state index in [9.17, 15) is 17.2 Å².